The van der Waals surface area contributed by atoms with Crippen molar-refractivity contribution in [3.05, 3.63) is 58.6 Å². The minimum atomic E-state index is -0.437. The van der Waals surface area contributed by atoms with Crippen LogP contribution in [0.25, 0.3) is 11.1 Å². The molecule has 0 radical (unpaired) electrons. The van der Waals surface area contributed by atoms with Crippen molar-refractivity contribution < 1.29 is 8.78 Å². The Kier molecular flexibility index (Phi) is 3.94. The molecule has 0 aliphatic rings. The molecule has 0 saturated carbocycles. The van der Waals surface area contributed by atoms with Crippen LogP contribution in [0, 0.1) is 11.6 Å². The highest BCUT2D eigenvalue weighted by atomic mass is 35.5. The van der Waals surface area contributed by atoms with Gasteiger partial charge in [0.05, 0.1) is 0 Å². The summed E-state index contributed by atoms with van der Waals surface area (Å²) in [5, 5.41) is 3.27. The first-order valence-electron chi connectivity index (χ1n) is 5.50. The number of rotatable bonds is 3. The Balaban J connectivity index is 2.47. The summed E-state index contributed by atoms with van der Waals surface area (Å²) in [5.74, 6) is -0.844. The van der Waals surface area contributed by atoms with Crippen molar-refractivity contribution in [1.29, 1.82) is 0 Å². The molecule has 0 fully saturated rings. The second-order valence-electron chi connectivity index (χ2n) is 3.97. The SMILES string of the molecule is CNCc1ccc(-c2cc(F)ccc2Cl)c(F)c1. The first kappa shape index (κ1) is 13.0. The first-order chi connectivity index (χ1) is 8.61. The summed E-state index contributed by atoms with van der Waals surface area (Å²) in [6.07, 6.45) is 0. The predicted molar refractivity (Wildman–Crippen MR) is 69.6 cm³/mol. The van der Waals surface area contributed by atoms with Crippen LogP contribution in [0.3, 0.4) is 0 Å². The summed E-state index contributed by atoms with van der Waals surface area (Å²) in [6, 6.07) is 8.73. The largest absolute Gasteiger partial charge is 0.316 e. The van der Waals surface area contributed by atoms with Crippen LogP contribution in [-0.4, -0.2) is 7.05 Å². The van der Waals surface area contributed by atoms with Crippen molar-refractivity contribution in [2.75, 3.05) is 7.05 Å². The molecule has 18 heavy (non-hydrogen) atoms. The van der Waals surface area contributed by atoms with Gasteiger partial charge in [-0.25, -0.2) is 8.78 Å². The van der Waals surface area contributed by atoms with E-state index in [0.717, 1.165) is 5.56 Å². The Morgan fingerprint density at radius 3 is 2.50 bits per heavy atom. The molecule has 0 aromatic heterocycles. The highest BCUT2D eigenvalue weighted by Crippen LogP contribution is 2.30. The molecule has 0 saturated heterocycles. The van der Waals surface area contributed by atoms with Crippen LogP contribution in [-0.2, 0) is 6.54 Å². The van der Waals surface area contributed by atoms with Crippen molar-refractivity contribution in [2.45, 2.75) is 6.54 Å². The van der Waals surface area contributed by atoms with Crippen LogP contribution in [0.2, 0.25) is 5.02 Å². The van der Waals surface area contributed by atoms with E-state index in [-0.39, 0.29) is 0 Å². The van der Waals surface area contributed by atoms with Crippen LogP contribution >= 0.6 is 11.6 Å². The second-order valence-corrected chi connectivity index (χ2v) is 4.38. The number of benzene rings is 2. The van der Waals surface area contributed by atoms with Gasteiger partial charge in [-0.3, -0.25) is 0 Å². The van der Waals surface area contributed by atoms with E-state index in [1.54, 1.807) is 19.2 Å². The minimum absolute atomic E-state index is 0.305. The number of nitrogens with one attached hydrogen (secondary N) is 1. The van der Waals surface area contributed by atoms with Gasteiger partial charge in [0.15, 0.2) is 0 Å². The van der Waals surface area contributed by atoms with Gasteiger partial charge in [-0.2, -0.15) is 0 Å². The Bertz CT molecular complexity index is 570. The molecule has 0 bridgehead atoms. The molecular weight excluding hydrogens is 256 g/mol. The van der Waals surface area contributed by atoms with Crippen LogP contribution in [0.4, 0.5) is 8.78 Å². The van der Waals surface area contributed by atoms with E-state index in [4.69, 9.17) is 11.6 Å². The summed E-state index contributed by atoms with van der Waals surface area (Å²) >= 11 is 5.96. The van der Waals surface area contributed by atoms with Crippen molar-refractivity contribution in [2.24, 2.45) is 0 Å². The molecule has 2 rings (SSSR count). The van der Waals surface area contributed by atoms with Gasteiger partial charge in [-0.05, 0) is 36.9 Å². The lowest BCUT2D eigenvalue weighted by Crippen LogP contribution is -2.05. The first-order valence-corrected chi connectivity index (χ1v) is 5.88. The fraction of sp³-hybridized carbons (Fsp3) is 0.143. The maximum Gasteiger partial charge on any atom is 0.131 e. The fourth-order valence-corrected chi connectivity index (χ4v) is 2.01. The zero-order valence-corrected chi connectivity index (χ0v) is 10.6. The number of hydrogen-bond acceptors (Lipinski definition) is 1. The topological polar surface area (TPSA) is 12.0 Å². The molecule has 0 unspecified atom stereocenters. The van der Waals surface area contributed by atoms with Crippen molar-refractivity contribution >= 4 is 11.6 Å². The van der Waals surface area contributed by atoms with E-state index in [1.807, 2.05) is 0 Å². The molecule has 0 atom stereocenters. The second kappa shape index (κ2) is 5.46. The maximum atomic E-state index is 14.0. The smallest absolute Gasteiger partial charge is 0.131 e. The molecule has 1 N–H and O–H groups in total. The Morgan fingerprint density at radius 2 is 1.83 bits per heavy atom. The average molecular weight is 268 g/mol. The van der Waals surface area contributed by atoms with Crippen molar-refractivity contribution in [3.63, 3.8) is 0 Å². The molecule has 0 heterocycles. The summed E-state index contributed by atoms with van der Waals surface area (Å²) < 4.78 is 27.1. The quantitative estimate of drug-likeness (QED) is 0.886. The summed E-state index contributed by atoms with van der Waals surface area (Å²) in [4.78, 5) is 0. The lowest BCUT2D eigenvalue weighted by molar-refractivity contribution is 0.623. The van der Waals surface area contributed by atoms with Crippen molar-refractivity contribution in [1.82, 2.24) is 5.32 Å². The Labute approximate surface area is 109 Å². The third kappa shape index (κ3) is 2.68. The maximum absolute atomic E-state index is 14.0. The standard InChI is InChI=1S/C14H12ClF2N/c1-18-8-9-2-4-11(14(17)6-9)12-7-10(16)3-5-13(12)15/h2-7,18H,8H2,1H3. The highest BCUT2D eigenvalue weighted by Gasteiger charge is 2.10. The zero-order valence-electron chi connectivity index (χ0n) is 9.81. The minimum Gasteiger partial charge on any atom is -0.316 e. The third-order valence-corrected chi connectivity index (χ3v) is 2.96. The van der Waals surface area contributed by atoms with Gasteiger partial charge < -0.3 is 5.32 Å². The summed E-state index contributed by atoms with van der Waals surface area (Å²) in [6.45, 7) is 0.577. The molecule has 0 aliphatic carbocycles. The Morgan fingerprint density at radius 1 is 1.06 bits per heavy atom. The fourth-order valence-electron chi connectivity index (χ4n) is 1.80. The molecule has 1 nitrogen and oxygen atoms in total. The monoisotopic (exact) mass is 267 g/mol. The van der Waals surface area contributed by atoms with Crippen LogP contribution < -0.4 is 5.32 Å². The van der Waals surface area contributed by atoms with Gasteiger partial charge in [0.2, 0.25) is 0 Å². The Hall–Kier alpha value is -1.45. The molecule has 0 amide bonds. The van der Waals surface area contributed by atoms with E-state index >= 15 is 0 Å². The van der Waals surface area contributed by atoms with Crippen LogP contribution in [0.1, 0.15) is 5.56 Å². The number of hydrogen-bond donors (Lipinski definition) is 1. The average Bonchev–Trinajstić information content (AvgIpc) is 2.33. The molecule has 0 aliphatic heterocycles. The number of halogens is 3. The predicted octanol–water partition coefficient (Wildman–Crippen LogP) is 4.00. The van der Waals surface area contributed by atoms with Crippen LogP contribution in [0.15, 0.2) is 36.4 Å². The molecule has 4 heteroatoms. The highest BCUT2D eigenvalue weighted by molar-refractivity contribution is 6.33. The summed E-state index contributed by atoms with van der Waals surface area (Å²) in [7, 11) is 1.79. The van der Waals surface area contributed by atoms with E-state index in [9.17, 15) is 8.78 Å². The normalized spacial score (nSPS) is 10.7. The molecule has 2 aromatic carbocycles. The van der Waals surface area contributed by atoms with Crippen LogP contribution in [0.5, 0.6) is 0 Å². The zero-order chi connectivity index (χ0) is 13.1. The van der Waals surface area contributed by atoms with E-state index in [1.165, 1.54) is 24.3 Å². The summed E-state index contributed by atoms with van der Waals surface area (Å²) in [5.41, 5.74) is 1.50. The van der Waals surface area contributed by atoms with Gasteiger partial charge in [0, 0.05) is 22.7 Å². The van der Waals surface area contributed by atoms with E-state index in [2.05, 4.69) is 5.32 Å². The van der Waals surface area contributed by atoms with Gasteiger partial charge in [-0.15, -0.1) is 0 Å². The third-order valence-electron chi connectivity index (χ3n) is 2.63. The lowest BCUT2D eigenvalue weighted by atomic mass is 10.0. The lowest BCUT2D eigenvalue weighted by Gasteiger charge is -2.08. The molecule has 94 valence electrons. The van der Waals surface area contributed by atoms with E-state index < -0.39 is 11.6 Å². The van der Waals surface area contributed by atoms with E-state index in [0.29, 0.717) is 22.7 Å². The van der Waals surface area contributed by atoms with Crippen molar-refractivity contribution in [3.8, 4) is 11.1 Å². The molecule has 0 spiro atoms. The van der Waals surface area contributed by atoms with Gasteiger partial charge in [0.1, 0.15) is 11.6 Å². The van der Waals surface area contributed by atoms with Gasteiger partial charge >= 0.3 is 0 Å². The molecule has 2 aromatic rings. The van der Waals surface area contributed by atoms with Gasteiger partial charge in [0.25, 0.3) is 0 Å². The van der Waals surface area contributed by atoms with Gasteiger partial charge in [-0.1, -0.05) is 23.7 Å². The molecular formula is C14H12ClF2N.